The predicted molar refractivity (Wildman–Crippen MR) is 99.5 cm³/mol. The predicted octanol–water partition coefficient (Wildman–Crippen LogP) is 4.91. The molecule has 0 saturated heterocycles. The van der Waals surface area contributed by atoms with Crippen LogP contribution in [0.25, 0.3) is 11.3 Å². The maximum absolute atomic E-state index is 12.1. The minimum atomic E-state index is 0.000371. The molecule has 4 nitrogen and oxygen atoms in total. The van der Waals surface area contributed by atoms with Gasteiger partial charge in [-0.25, -0.2) is 0 Å². The van der Waals surface area contributed by atoms with Gasteiger partial charge in [0.1, 0.15) is 23.0 Å². The average molecular weight is 349 g/mol. The van der Waals surface area contributed by atoms with Crippen LogP contribution in [0.3, 0.4) is 0 Å². The fourth-order valence-corrected chi connectivity index (χ4v) is 3.19. The molecule has 1 saturated carbocycles. The summed E-state index contributed by atoms with van der Waals surface area (Å²) in [4.78, 5) is 12.1. The summed E-state index contributed by atoms with van der Waals surface area (Å²) in [6, 6.07) is 17.8. The molecule has 2 unspecified atom stereocenters. The van der Waals surface area contributed by atoms with Crippen LogP contribution in [-0.2, 0) is 17.8 Å². The van der Waals surface area contributed by atoms with Crippen LogP contribution in [0.1, 0.15) is 43.0 Å². The molecule has 1 fully saturated rings. The summed E-state index contributed by atoms with van der Waals surface area (Å²) in [5.74, 6) is 4.82. The highest BCUT2D eigenvalue weighted by atomic mass is 16.3. The molecule has 134 valence electrons. The largest absolute Gasteiger partial charge is 0.466 e. The third kappa shape index (κ3) is 3.90. The van der Waals surface area contributed by atoms with Gasteiger partial charge in [0.2, 0.25) is 5.91 Å². The first-order chi connectivity index (χ1) is 12.7. The second-order valence-corrected chi connectivity index (χ2v) is 7.03. The van der Waals surface area contributed by atoms with Crippen molar-refractivity contribution in [2.75, 3.05) is 0 Å². The topological polar surface area (TPSA) is 55.4 Å². The first-order valence-corrected chi connectivity index (χ1v) is 9.18. The number of nitrogens with one attached hydrogen (secondary N) is 1. The third-order valence-corrected chi connectivity index (χ3v) is 4.94. The molecule has 1 aromatic carbocycles. The number of furan rings is 2. The maximum atomic E-state index is 12.1. The van der Waals surface area contributed by atoms with E-state index in [1.54, 1.807) is 0 Å². The Balaban J connectivity index is 1.24. The van der Waals surface area contributed by atoms with Gasteiger partial charge in [-0.15, -0.1) is 0 Å². The van der Waals surface area contributed by atoms with Crippen LogP contribution in [0.2, 0.25) is 0 Å². The van der Waals surface area contributed by atoms with Crippen LogP contribution < -0.4 is 5.32 Å². The molecule has 26 heavy (non-hydrogen) atoms. The molecule has 1 amide bonds. The quantitative estimate of drug-likeness (QED) is 0.659. The number of aryl methyl sites for hydroxylation is 1. The Bertz CT molecular complexity index is 878. The van der Waals surface area contributed by atoms with E-state index in [2.05, 4.69) is 18.3 Å². The van der Waals surface area contributed by atoms with E-state index < -0.39 is 0 Å². The number of hydrogen-bond donors (Lipinski definition) is 1. The van der Waals surface area contributed by atoms with E-state index in [9.17, 15) is 4.79 Å². The summed E-state index contributed by atoms with van der Waals surface area (Å²) in [5, 5.41) is 2.91. The lowest BCUT2D eigenvalue weighted by Gasteiger charge is -2.03. The van der Waals surface area contributed by atoms with Crippen molar-refractivity contribution in [2.45, 2.75) is 38.6 Å². The molecular weight excluding hydrogens is 326 g/mol. The van der Waals surface area contributed by atoms with Crippen molar-refractivity contribution in [1.29, 1.82) is 0 Å². The van der Waals surface area contributed by atoms with E-state index in [1.807, 2.05) is 48.5 Å². The van der Waals surface area contributed by atoms with Crippen molar-refractivity contribution in [2.24, 2.45) is 5.92 Å². The summed E-state index contributed by atoms with van der Waals surface area (Å²) in [6.45, 7) is 2.63. The fraction of sp³-hybridized carbons (Fsp3) is 0.318. The zero-order chi connectivity index (χ0) is 17.9. The number of rotatable bonds is 7. The zero-order valence-electron chi connectivity index (χ0n) is 14.9. The number of benzene rings is 1. The van der Waals surface area contributed by atoms with Crippen LogP contribution >= 0.6 is 0 Å². The second kappa shape index (κ2) is 7.24. The SMILES string of the molecule is CC1CC1c1ccc(CCC(=O)NCc2ccc(-c3ccccc3)o2)o1. The van der Waals surface area contributed by atoms with Crippen LogP contribution in [0, 0.1) is 5.92 Å². The van der Waals surface area contributed by atoms with Crippen molar-refractivity contribution in [3.05, 3.63) is 71.9 Å². The molecule has 4 heteroatoms. The number of amides is 1. The van der Waals surface area contributed by atoms with Gasteiger partial charge >= 0.3 is 0 Å². The Hall–Kier alpha value is -2.75. The molecule has 0 aliphatic heterocycles. The summed E-state index contributed by atoms with van der Waals surface area (Å²) in [5.41, 5.74) is 1.03. The molecule has 3 aromatic rings. The van der Waals surface area contributed by atoms with Crippen LogP contribution in [0.4, 0.5) is 0 Å². The molecule has 0 radical (unpaired) electrons. The first kappa shape index (κ1) is 16.7. The Labute approximate surface area is 153 Å². The summed E-state index contributed by atoms with van der Waals surface area (Å²) in [7, 11) is 0. The molecule has 1 N–H and O–H groups in total. The molecular formula is C22H23NO3. The lowest BCUT2D eigenvalue weighted by Crippen LogP contribution is -2.22. The summed E-state index contributed by atoms with van der Waals surface area (Å²) < 4.78 is 11.6. The maximum Gasteiger partial charge on any atom is 0.220 e. The van der Waals surface area contributed by atoms with E-state index >= 15 is 0 Å². The van der Waals surface area contributed by atoms with Gasteiger partial charge in [-0.1, -0.05) is 37.3 Å². The van der Waals surface area contributed by atoms with Gasteiger partial charge < -0.3 is 14.2 Å². The molecule has 1 aliphatic carbocycles. The number of carbonyl (C=O) groups is 1. The van der Waals surface area contributed by atoms with E-state index in [1.165, 1.54) is 6.42 Å². The summed E-state index contributed by atoms with van der Waals surface area (Å²) >= 11 is 0. The van der Waals surface area contributed by atoms with Crippen molar-refractivity contribution < 1.29 is 13.6 Å². The minimum absolute atomic E-state index is 0.000371. The van der Waals surface area contributed by atoms with Gasteiger partial charge in [-0.05, 0) is 36.6 Å². The normalized spacial score (nSPS) is 18.7. The summed E-state index contributed by atoms with van der Waals surface area (Å²) in [6.07, 6.45) is 2.25. The Morgan fingerprint density at radius 3 is 2.58 bits per heavy atom. The highest BCUT2D eigenvalue weighted by Gasteiger charge is 2.36. The van der Waals surface area contributed by atoms with Crippen molar-refractivity contribution in [3.8, 4) is 11.3 Å². The highest BCUT2D eigenvalue weighted by Crippen LogP contribution is 2.47. The Morgan fingerprint density at radius 1 is 1.04 bits per heavy atom. The highest BCUT2D eigenvalue weighted by molar-refractivity contribution is 5.76. The van der Waals surface area contributed by atoms with E-state index in [0.29, 0.717) is 25.3 Å². The first-order valence-electron chi connectivity index (χ1n) is 9.18. The Kier molecular flexibility index (Phi) is 4.65. The fourth-order valence-electron chi connectivity index (χ4n) is 3.19. The van der Waals surface area contributed by atoms with Crippen molar-refractivity contribution in [3.63, 3.8) is 0 Å². The smallest absolute Gasteiger partial charge is 0.220 e. The van der Waals surface area contributed by atoms with Gasteiger partial charge in [0.15, 0.2) is 0 Å². The Morgan fingerprint density at radius 2 is 1.81 bits per heavy atom. The molecule has 0 spiro atoms. The van der Waals surface area contributed by atoms with Gasteiger partial charge in [0.05, 0.1) is 6.54 Å². The van der Waals surface area contributed by atoms with Gasteiger partial charge in [0.25, 0.3) is 0 Å². The molecule has 2 heterocycles. The van der Waals surface area contributed by atoms with Crippen molar-refractivity contribution >= 4 is 5.91 Å². The third-order valence-electron chi connectivity index (χ3n) is 4.94. The van der Waals surface area contributed by atoms with Crippen LogP contribution in [0.5, 0.6) is 0 Å². The lowest BCUT2D eigenvalue weighted by molar-refractivity contribution is -0.121. The van der Waals surface area contributed by atoms with Gasteiger partial charge in [-0.2, -0.15) is 0 Å². The van der Waals surface area contributed by atoms with Gasteiger partial charge in [0, 0.05) is 24.3 Å². The van der Waals surface area contributed by atoms with Gasteiger partial charge in [-0.3, -0.25) is 4.79 Å². The monoisotopic (exact) mass is 349 g/mol. The molecule has 2 aromatic heterocycles. The zero-order valence-corrected chi connectivity index (χ0v) is 14.9. The minimum Gasteiger partial charge on any atom is -0.466 e. The van der Waals surface area contributed by atoms with Crippen LogP contribution in [0.15, 0.2) is 63.4 Å². The standard InChI is InChI=1S/C22H23NO3/c1-15-13-19(15)21-11-7-17(25-21)9-12-22(24)23-14-18-8-10-20(26-18)16-5-3-2-4-6-16/h2-8,10-11,15,19H,9,12-14H2,1H3,(H,23,24). The molecule has 2 atom stereocenters. The second-order valence-electron chi connectivity index (χ2n) is 7.03. The van der Waals surface area contributed by atoms with Crippen LogP contribution in [-0.4, -0.2) is 5.91 Å². The van der Waals surface area contributed by atoms with E-state index in [-0.39, 0.29) is 5.91 Å². The van der Waals surface area contributed by atoms with E-state index in [0.717, 1.165) is 34.5 Å². The average Bonchev–Trinajstić information content (AvgIpc) is 3.07. The molecule has 0 bridgehead atoms. The lowest BCUT2D eigenvalue weighted by atomic mass is 10.2. The molecule has 4 rings (SSSR count). The van der Waals surface area contributed by atoms with E-state index in [4.69, 9.17) is 8.83 Å². The number of carbonyl (C=O) groups excluding carboxylic acids is 1. The molecule has 1 aliphatic rings. The van der Waals surface area contributed by atoms with Crippen molar-refractivity contribution in [1.82, 2.24) is 5.32 Å². The number of hydrogen-bond acceptors (Lipinski definition) is 3.